The van der Waals surface area contributed by atoms with Gasteiger partial charge >= 0.3 is 0 Å². The van der Waals surface area contributed by atoms with E-state index in [2.05, 4.69) is 15.0 Å². The lowest BCUT2D eigenvalue weighted by atomic mass is 10.5. The summed E-state index contributed by atoms with van der Waals surface area (Å²) in [5, 5.41) is 5.51. The number of thiazole rings is 1. The van der Waals surface area contributed by atoms with Crippen LogP contribution in [0.3, 0.4) is 0 Å². The zero-order chi connectivity index (χ0) is 13.2. The highest BCUT2D eigenvalue weighted by molar-refractivity contribution is 7.91. The van der Waals surface area contributed by atoms with E-state index in [0.717, 1.165) is 10.0 Å². The lowest BCUT2D eigenvalue weighted by Crippen LogP contribution is -2.22. The van der Waals surface area contributed by atoms with E-state index in [1.807, 2.05) is 12.3 Å². The third kappa shape index (κ3) is 3.08. The minimum Gasteiger partial charge on any atom is -0.365 e. The third-order valence-electron chi connectivity index (χ3n) is 2.19. The van der Waals surface area contributed by atoms with Crippen molar-refractivity contribution < 1.29 is 8.42 Å². The van der Waals surface area contributed by atoms with Crippen LogP contribution in [-0.4, -0.2) is 20.4 Å². The highest BCUT2D eigenvalue weighted by Gasteiger charge is 2.16. The van der Waals surface area contributed by atoms with E-state index in [1.165, 1.54) is 22.7 Å². The van der Waals surface area contributed by atoms with Gasteiger partial charge in [0, 0.05) is 17.3 Å². The van der Waals surface area contributed by atoms with Crippen LogP contribution in [0.1, 0.15) is 10.6 Å². The number of aromatic nitrogens is 1. The topological polar surface area (TPSA) is 71.1 Å². The molecule has 0 aliphatic heterocycles. The summed E-state index contributed by atoms with van der Waals surface area (Å²) in [7, 11) is -1.64. The van der Waals surface area contributed by atoms with Crippen LogP contribution >= 0.6 is 22.7 Å². The summed E-state index contributed by atoms with van der Waals surface area (Å²) in [5.74, 6) is 0. The number of anilines is 1. The first-order chi connectivity index (χ1) is 8.51. The Morgan fingerprint density at radius 3 is 2.72 bits per heavy atom. The van der Waals surface area contributed by atoms with Crippen LogP contribution in [0.2, 0.25) is 0 Å². The number of aryl methyl sites for hydroxylation is 1. The van der Waals surface area contributed by atoms with Gasteiger partial charge in [0.25, 0.3) is 0 Å². The van der Waals surface area contributed by atoms with Crippen molar-refractivity contribution in [2.45, 2.75) is 17.7 Å². The molecule has 0 saturated carbocycles. The standard InChI is InChI=1S/C10H13N3O2S3/c1-7-3-4-9(17-7)18(14,15)12-5-8-6-16-10(11-2)13-8/h3-4,6,12H,5H2,1-2H3,(H,11,13). The van der Waals surface area contributed by atoms with Gasteiger partial charge in [-0.1, -0.05) is 0 Å². The van der Waals surface area contributed by atoms with E-state index < -0.39 is 10.0 Å². The minimum atomic E-state index is -3.42. The highest BCUT2D eigenvalue weighted by atomic mass is 32.2. The fourth-order valence-electron chi connectivity index (χ4n) is 1.30. The normalized spacial score (nSPS) is 11.7. The molecule has 0 saturated heterocycles. The summed E-state index contributed by atoms with van der Waals surface area (Å²) in [6, 6.07) is 3.41. The number of nitrogens with zero attached hydrogens (tertiary/aromatic N) is 1. The predicted octanol–water partition coefficient (Wildman–Crippen LogP) is 2.03. The molecule has 0 unspecified atom stereocenters. The molecule has 0 bridgehead atoms. The molecular weight excluding hydrogens is 290 g/mol. The van der Waals surface area contributed by atoms with Crippen LogP contribution < -0.4 is 10.0 Å². The van der Waals surface area contributed by atoms with Gasteiger partial charge in [0.05, 0.1) is 12.2 Å². The maximum absolute atomic E-state index is 12.0. The summed E-state index contributed by atoms with van der Waals surface area (Å²) in [5.41, 5.74) is 0.709. The van der Waals surface area contributed by atoms with Crippen molar-refractivity contribution in [2.75, 3.05) is 12.4 Å². The Morgan fingerprint density at radius 1 is 1.39 bits per heavy atom. The van der Waals surface area contributed by atoms with E-state index in [9.17, 15) is 8.42 Å². The molecule has 0 aliphatic carbocycles. The Labute approximate surface area is 114 Å². The monoisotopic (exact) mass is 303 g/mol. The second-order valence-corrected chi connectivity index (χ2v) is 7.72. The fraction of sp³-hybridized carbons (Fsp3) is 0.300. The van der Waals surface area contributed by atoms with Crippen LogP contribution in [0, 0.1) is 6.92 Å². The van der Waals surface area contributed by atoms with E-state index in [-0.39, 0.29) is 6.54 Å². The van der Waals surface area contributed by atoms with Crippen LogP contribution in [0.15, 0.2) is 21.7 Å². The molecule has 2 N–H and O–H groups in total. The molecule has 0 atom stereocenters. The molecule has 0 radical (unpaired) electrons. The smallest absolute Gasteiger partial charge is 0.250 e. The fourth-order valence-corrected chi connectivity index (χ4v) is 4.30. The molecule has 0 amide bonds. The maximum Gasteiger partial charge on any atom is 0.250 e. The first-order valence-corrected chi connectivity index (χ1v) is 8.37. The molecule has 2 aromatic heterocycles. The highest BCUT2D eigenvalue weighted by Crippen LogP contribution is 2.21. The van der Waals surface area contributed by atoms with Gasteiger partial charge in [0.2, 0.25) is 10.0 Å². The molecule has 98 valence electrons. The molecule has 0 spiro atoms. The van der Waals surface area contributed by atoms with Crippen molar-refractivity contribution in [3.8, 4) is 0 Å². The number of nitrogens with one attached hydrogen (secondary N) is 2. The maximum atomic E-state index is 12.0. The SMILES string of the molecule is CNc1nc(CNS(=O)(=O)c2ccc(C)s2)cs1. The van der Waals surface area contributed by atoms with E-state index >= 15 is 0 Å². The van der Waals surface area contributed by atoms with E-state index in [4.69, 9.17) is 0 Å². The van der Waals surface area contributed by atoms with Gasteiger partial charge in [-0.2, -0.15) is 0 Å². The van der Waals surface area contributed by atoms with Gasteiger partial charge in [0.15, 0.2) is 5.13 Å². The Bertz CT molecular complexity index is 630. The predicted molar refractivity (Wildman–Crippen MR) is 74.7 cm³/mol. The van der Waals surface area contributed by atoms with Gasteiger partial charge in [-0.05, 0) is 19.1 Å². The average Bonchev–Trinajstić information content (AvgIpc) is 2.95. The Morgan fingerprint density at radius 2 is 2.17 bits per heavy atom. The molecule has 2 aromatic rings. The second-order valence-electron chi connectivity index (χ2n) is 3.58. The van der Waals surface area contributed by atoms with Crippen LogP contribution in [0.5, 0.6) is 0 Å². The zero-order valence-corrected chi connectivity index (χ0v) is 12.4. The van der Waals surface area contributed by atoms with Crippen molar-refractivity contribution >= 4 is 37.8 Å². The first-order valence-electron chi connectivity index (χ1n) is 5.19. The van der Waals surface area contributed by atoms with Gasteiger partial charge < -0.3 is 5.32 Å². The first kappa shape index (κ1) is 13.5. The molecule has 18 heavy (non-hydrogen) atoms. The quantitative estimate of drug-likeness (QED) is 0.886. The molecule has 0 aliphatic rings. The van der Waals surface area contributed by atoms with Crippen molar-refractivity contribution in [1.29, 1.82) is 0 Å². The third-order valence-corrected chi connectivity index (χ3v) is 5.99. The number of rotatable bonds is 5. The number of thiophene rings is 1. The zero-order valence-electron chi connectivity index (χ0n) is 9.93. The van der Waals surface area contributed by atoms with Gasteiger partial charge in [-0.15, -0.1) is 22.7 Å². The van der Waals surface area contributed by atoms with Crippen LogP contribution in [0.25, 0.3) is 0 Å². The van der Waals surface area contributed by atoms with Gasteiger partial charge in [0.1, 0.15) is 4.21 Å². The lowest BCUT2D eigenvalue weighted by Gasteiger charge is -2.02. The van der Waals surface area contributed by atoms with Gasteiger partial charge in [-0.25, -0.2) is 18.1 Å². The minimum absolute atomic E-state index is 0.206. The number of hydrogen-bond acceptors (Lipinski definition) is 6. The number of hydrogen-bond donors (Lipinski definition) is 2. The van der Waals surface area contributed by atoms with Crippen molar-refractivity contribution in [3.63, 3.8) is 0 Å². The van der Waals surface area contributed by atoms with Crippen molar-refractivity contribution in [1.82, 2.24) is 9.71 Å². The number of sulfonamides is 1. The summed E-state index contributed by atoms with van der Waals surface area (Å²) >= 11 is 2.70. The molecule has 5 nitrogen and oxygen atoms in total. The van der Waals surface area contributed by atoms with Crippen LogP contribution in [-0.2, 0) is 16.6 Å². The van der Waals surface area contributed by atoms with E-state index in [0.29, 0.717) is 9.90 Å². The summed E-state index contributed by atoms with van der Waals surface area (Å²) in [6.07, 6.45) is 0. The molecule has 0 aromatic carbocycles. The Hall–Kier alpha value is -0.960. The molecule has 8 heteroatoms. The Kier molecular flexibility index (Phi) is 4.00. The molecular formula is C10H13N3O2S3. The molecule has 2 heterocycles. The van der Waals surface area contributed by atoms with Crippen molar-refractivity contribution in [3.05, 3.63) is 28.1 Å². The van der Waals surface area contributed by atoms with Crippen LogP contribution in [0.4, 0.5) is 5.13 Å². The lowest BCUT2D eigenvalue weighted by molar-refractivity contribution is 0.583. The summed E-state index contributed by atoms with van der Waals surface area (Å²) in [6.45, 7) is 2.08. The average molecular weight is 303 g/mol. The second kappa shape index (κ2) is 5.35. The van der Waals surface area contributed by atoms with E-state index in [1.54, 1.807) is 19.2 Å². The molecule has 0 fully saturated rings. The largest absolute Gasteiger partial charge is 0.365 e. The summed E-state index contributed by atoms with van der Waals surface area (Å²) in [4.78, 5) is 5.19. The van der Waals surface area contributed by atoms with Crippen molar-refractivity contribution in [2.24, 2.45) is 0 Å². The van der Waals surface area contributed by atoms with Gasteiger partial charge in [-0.3, -0.25) is 0 Å². The molecule has 2 rings (SSSR count). The summed E-state index contributed by atoms with van der Waals surface area (Å²) < 4.78 is 26.8. The Balaban J connectivity index is 2.05.